The molecule has 1 aliphatic heterocycles. The van der Waals surface area contributed by atoms with Crippen molar-refractivity contribution in [1.29, 1.82) is 0 Å². The molecule has 1 heterocycles. The average Bonchev–Trinajstić information content (AvgIpc) is 2.84. The fourth-order valence-corrected chi connectivity index (χ4v) is 6.28. The number of alkyl halides is 1. The Labute approximate surface area is 211 Å². The third-order valence-electron chi connectivity index (χ3n) is 5.66. The molecule has 0 saturated heterocycles. The molecule has 0 radical (unpaired) electrons. The normalized spacial score (nSPS) is 15.1. The Hall–Kier alpha value is -2.51. The van der Waals surface area contributed by atoms with Crippen molar-refractivity contribution in [3.8, 4) is 11.5 Å². The minimum atomic E-state index is -4.02. The Kier molecular flexibility index (Phi) is 8.54. The van der Waals surface area contributed by atoms with Crippen LogP contribution in [0.5, 0.6) is 11.5 Å². The molecule has 0 amide bonds. The standard InChI is InChI=1S/C25H32ClN2O6P/c1-7-14-32-24(29)9-8-15-33-35(30,31-6)25(26)20-12-10-18(27(2)3)16-22(20)34-23-17-19(28(4)5)11-13-21(23)25/h7,10-13,16-17H,1,8-9,14-15H2,2-6H3. The first-order valence-corrected chi connectivity index (χ1v) is 13.1. The summed E-state index contributed by atoms with van der Waals surface area (Å²) in [7, 11) is 4.95. The number of ether oxygens (including phenoxy) is 2. The number of carbonyl (C=O) groups excluding carboxylic acids is 1. The maximum atomic E-state index is 14.3. The Morgan fingerprint density at radius 3 is 2.09 bits per heavy atom. The van der Waals surface area contributed by atoms with Gasteiger partial charge in [-0.3, -0.25) is 9.36 Å². The van der Waals surface area contributed by atoms with Gasteiger partial charge in [-0.05, 0) is 18.6 Å². The van der Waals surface area contributed by atoms with Crippen molar-refractivity contribution < 1.29 is 27.9 Å². The fourth-order valence-electron chi connectivity index (χ4n) is 3.75. The number of hydrogen-bond donors (Lipinski definition) is 0. The van der Waals surface area contributed by atoms with Crippen molar-refractivity contribution in [3.63, 3.8) is 0 Å². The van der Waals surface area contributed by atoms with Crippen LogP contribution in [0.25, 0.3) is 0 Å². The number of halogens is 1. The number of fused-ring (bicyclic) bond motifs is 2. The molecule has 1 atom stereocenters. The van der Waals surface area contributed by atoms with Gasteiger partial charge in [-0.1, -0.05) is 36.4 Å². The van der Waals surface area contributed by atoms with Crippen LogP contribution >= 0.6 is 19.2 Å². The zero-order valence-corrected chi connectivity index (χ0v) is 22.4. The van der Waals surface area contributed by atoms with Crippen molar-refractivity contribution in [1.82, 2.24) is 0 Å². The van der Waals surface area contributed by atoms with Gasteiger partial charge in [0.25, 0.3) is 0 Å². The topological polar surface area (TPSA) is 77.5 Å². The molecule has 0 aromatic heterocycles. The Morgan fingerprint density at radius 2 is 1.63 bits per heavy atom. The van der Waals surface area contributed by atoms with Crippen LogP contribution in [0.2, 0.25) is 0 Å². The minimum Gasteiger partial charge on any atom is -0.461 e. The third-order valence-corrected chi connectivity index (χ3v) is 8.93. The summed E-state index contributed by atoms with van der Waals surface area (Å²) in [5.41, 5.74) is 2.73. The van der Waals surface area contributed by atoms with Crippen molar-refractivity contribution in [3.05, 3.63) is 60.2 Å². The molecule has 10 heteroatoms. The zero-order valence-electron chi connectivity index (χ0n) is 20.7. The molecule has 0 aliphatic carbocycles. The van der Waals surface area contributed by atoms with E-state index in [4.69, 9.17) is 30.1 Å². The quantitative estimate of drug-likeness (QED) is 0.122. The highest BCUT2D eigenvalue weighted by atomic mass is 35.5. The SMILES string of the molecule is C=CCOC(=O)CCCOP(=O)(OC)C1(Cl)c2ccc(N(C)C)cc2Oc2cc(N(C)C)ccc21. The Morgan fingerprint density at radius 1 is 1.09 bits per heavy atom. The minimum absolute atomic E-state index is 0.0140. The van der Waals surface area contributed by atoms with E-state index in [1.807, 2.05) is 62.3 Å². The molecule has 35 heavy (non-hydrogen) atoms. The molecule has 2 aromatic carbocycles. The number of nitrogens with zero attached hydrogens (tertiary/aromatic N) is 2. The van der Waals surface area contributed by atoms with Gasteiger partial charge in [0, 0.05) is 76.4 Å². The van der Waals surface area contributed by atoms with Gasteiger partial charge < -0.3 is 28.3 Å². The first-order valence-electron chi connectivity index (χ1n) is 11.1. The van der Waals surface area contributed by atoms with Crippen LogP contribution in [0.3, 0.4) is 0 Å². The van der Waals surface area contributed by atoms with E-state index >= 15 is 0 Å². The fraction of sp³-hybridized carbons (Fsp3) is 0.400. The molecule has 0 spiro atoms. The number of anilines is 2. The lowest BCUT2D eigenvalue weighted by Gasteiger charge is -2.39. The van der Waals surface area contributed by atoms with Gasteiger partial charge >= 0.3 is 13.6 Å². The maximum absolute atomic E-state index is 14.3. The summed E-state index contributed by atoms with van der Waals surface area (Å²) in [5, 5.41) is 0. The summed E-state index contributed by atoms with van der Waals surface area (Å²) >= 11 is 7.29. The van der Waals surface area contributed by atoms with Gasteiger partial charge in [0.1, 0.15) is 18.1 Å². The van der Waals surface area contributed by atoms with E-state index in [1.54, 1.807) is 12.1 Å². The van der Waals surface area contributed by atoms with Gasteiger partial charge in [-0.25, -0.2) is 0 Å². The van der Waals surface area contributed by atoms with Crippen LogP contribution in [-0.4, -0.2) is 54.5 Å². The first-order chi connectivity index (χ1) is 16.6. The van der Waals surface area contributed by atoms with E-state index in [2.05, 4.69) is 6.58 Å². The summed E-state index contributed by atoms with van der Waals surface area (Å²) in [6, 6.07) is 11.0. The highest BCUT2D eigenvalue weighted by Gasteiger charge is 2.57. The van der Waals surface area contributed by atoms with E-state index in [1.165, 1.54) is 13.2 Å². The molecule has 190 valence electrons. The van der Waals surface area contributed by atoms with Crippen molar-refractivity contribution in [2.75, 3.05) is 58.3 Å². The molecular formula is C25H32ClN2O6P. The average molecular weight is 523 g/mol. The van der Waals surface area contributed by atoms with Gasteiger partial charge in [-0.2, -0.15) is 0 Å². The van der Waals surface area contributed by atoms with Crippen molar-refractivity contribution in [2.45, 2.75) is 17.5 Å². The largest absolute Gasteiger partial charge is 0.461 e. The van der Waals surface area contributed by atoms with E-state index < -0.39 is 18.2 Å². The summed E-state index contributed by atoms with van der Waals surface area (Å²) in [5.74, 6) is 0.530. The number of carbonyl (C=O) groups is 1. The van der Waals surface area contributed by atoms with Gasteiger partial charge in [-0.15, -0.1) is 0 Å². The Bertz CT molecular complexity index is 1080. The van der Waals surface area contributed by atoms with Crippen LogP contribution in [0.4, 0.5) is 11.4 Å². The van der Waals surface area contributed by atoms with Gasteiger partial charge in [0.05, 0.1) is 6.61 Å². The number of rotatable bonds is 11. The van der Waals surface area contributed by atoms with E-state index in [-0.39, 0.29) is 26.1 Å². The summed E-state index contributed by atoms with van der Waals surface area (Å²) in [4.78, 5) is 15.7. The highest BCUT2D eigenvalue weighted by molar-refractivity contribution is 7.57. The predicted molar refractivity (Wildman–Crippen MR) is 139 cm³/mol. The number of benzene rings is 2. The first kappa shape index (κ1) is 27.1. The van der Waals surface area contributed by atoms with Crippen molar-refractivity contribution >= 4 is 36.5 Å². The maximum Gasteiger partial charge on any atom is 0.360 e. The molecule has 1 aliphatic rings. The second-order valence-electron chi connectivity index (χ2n) is 8.46. The third kappa shape index (κ3) is 5.36. The molecule has 8 nitrogen and oxygen atoms in total. The number of esters is 1. The molecule has 0 N–H and O–H groups in total. The van der Waals surface area contributed by atoms with Crippen LogP contribution in [0, 0.1) is 0 Å². The lowest BCUT2D eigenvalue weighted by Crippen LogP contribution is -2.28. The summed E-state index contributed by atoms with van der Waals surface area (Å²) in [6.07, 6.45) is 1.88. The molecule has 0 bridgehead atoms. The van der Waals surface area contributed by atoms with Gasteiger partial charge in [0.15, 0.2) is 0 Å². The van der Waals surface area contributed by atoms with Crippen LogP contribution in [0.15, 0.2) is 49.1 Å². The van der Waals surface area contributed by atoms with Crippen molar-refractivity contribution in [2.24, 2.45) is 0 Å². The monoisotopic (exact) mass is 522 g/mol. The lowest BCUT2D eigenvalue weighted by molar-refractivity contribution is -0.142. The molecule has 2 aromatic rings. The molecule has 0 fully saturated rings. The van der Waals surface area contributed by atoms with E-state index in [0.29, 0.717) is 22.6 Å². The number of hydrogen-bond acceptors (Lipinski definition) is 8. The second-order valence-corrected chi connectivity index (χ2v) is 11.6. The molecule has 1 unspecified atom stereocenters. The van der Waals surface area contributed by atoms with Crippen LogP contribution < -0.4 is 14.5 Å². The summed E-state index contributed by atoms with van der Waals surface area (Å²) < 4.78 is 35.2. The smallest absolute Gasteiger partial charge is 0.360 e. The van der Waals surface area contributed by atoms with E-state index in [0.717, 1.165) is 11.4 Å². The van der Waals surface area contributed by atoms with Gasteiger partial charge in [0.2, 0.25) is 4.62 Å². The molecule has 3 rings (SSSR count). The molecular weight excluding hydrogens is 491 g/mol. The summed E-state index contributed by atoms with van der Waals surface area (Å²) in [6.45, 7) is 3.64. The lowest BCUT2D eigenvalue weighted by atomic mass is 9.98. The highest BCUT2D eigenvalue weighted by Crippen LogP contribution is 2.73. The second kappa shape index (κ2) is 11.0. The Balaban J connectivity index is 2.01. The zero-order chi connectivity index (χ0) is 25.8. The predicted octanol–water partition coefficient (Wildman–Crippen LogP) is 5.73. The van der Waals surface area contributed by atoms with Crippen LogP contribution in [0.1, 0.15) is 24.0 Å². The van der Waals surface area contributed by atoms with Crippen LogP contribution in [-0.2, 0) is 27.8 Å². The van der Waals surface area contributed by atoms with E-state index in [9.17, 15) is 9.36 Å². The molecule has 0 saturated carbocycles.